The molecule has 0 radical (unpaired) electrons. The zero-order chi connectivity index (χ0) is 36.1. The molecule has 1 saturated heterocycles. The van der Waals surface area contributed by atoms with E-state index in [9.17, 15) is 9.59 Å². The Morgan fingerprint density at radius 2 is 1.56 bits per heavy atom. The average molecular weight is 771 g/mol. The molecule has 10 nitrogen and oxygen atoms in total. The number of rotatable bonds is 11. The van der Waals surface area contributed by atoms with E-state index in [4.69, 9.17) is 43.1 Å². The molecule has 4 atom stereocenters. The number of anilines is 1. The number of thioether (sulfide) groups is 2. The lowest BCUT2D eigenvalue weighted by molar-refractivity contribution is -0.116. The molecule has 0 saturated carbocycles. The Morgan fingerprint density at radius 1 is 0.980 bits per heavy atom. The maximum atomic E-state index is 13.1. The molecule has 4 aromatic rings. The van der Waals surface area contributed by atoms with Gasteiger partial charge in [-0.2, -0.15) is 0 Å². The predicted molar refractivity (Wildman–Crippen MR) is 213 cm³/mol. The fourth-order valence-corrected chi connectivity index (χ4v) is 11.6. The number of nitrogens with zero attached hydrogens (tertiary/aromatic N) is 1. The maximum Gasteiger partial charge on any atom is 0.276 e. The summed E-state index contributed by atoms with van der Waals surface area (Å²) >= 11 is 13.7. The van der Waals surface area contributed by atoms with Gasteiger partial charge in [0.05, 0.1) is 6.61 Å². The minimum absolute atomic E-state index is 0.0415. The fourth-order valence-electron chi connectivity index (χ4n) is 6.40. The molecule has 15 heteroatoms. The second kappa shape index (κ2) is 16.5. The number of aromatic amines is 2. The molecular weight excluding hydrogens is 729 g/mol. The topological polar surface area (TPSA) is 128 Å². The number of carbonyl (C=O) groups is 1. The first kappa shape index (κ1) is 38.2. The zero-order valence-electron chi connectivity index (χ0n) is 28.8. The highest BCUT2D eigenvalue weighted by atomic mass is 32.2. The van der Waals surface area contributed by atoms with Gasteiger partial charge >= 0.3 is 0 Å². The van der Waals surface area contributed by atoms with Crippen molar-refractivity contribution in [2.75, 3.05) is 24.4 Å². The van der Waals surface area contributed by atoms with E-state index in [1.807, 2.05) is 55.8 Å². The molecule has 3 heterocycles. The summed E-state index contributed by atoms with van der Waals surface area (Å²) in [6.45, 7) is 8.68. The van der Waals surface area contributed by atoms with Crippen molar-refractivity contribution < 1.29 is 23.4 Å². The number of nitrogens with one attached hydrogen (secondary N) is 3. The molecule has 0 bridgehead atoms. The summed E-state index contributed by atoms with van der Waals surface area (Å²) in [5.74, 6) is -0.213. The van der Waals surface area contributed by atoms with E-state index < -0.39 is 38.3 Å². The summed E-state index contributed by atoms with van der Waals surface area (Å²) in [6, 6.07) is 20.7. The second-order valence-electron chi connectivity index (χ2n) is 12.8. The first-order valence-electron chi connectivity index (χ1n) is 16.2. The van der Waals surface area contributed by atoms with E-state index in [0.717, 1.165) is 10.4 Å². The lowest BCUT2D eigenvalue weighted by Gasteiger charge is -2.43. The monoisotopic (exact) mass is 770 g/mol. The molecule has 0 aliphatic carbocycles. The molecular formula is C35H42N4O6S4Si. The van der Waals surface area contributed by atoms with Crippen LogP contribution >= 0.6 is 48.0 Å². The standard InChI is InChI=1S/C35H42N4O6S4Si/c1-7-14-25(40)37-32-38-26-23(19-36-27(26)31(41)39-32)28-30(45-34(47)49-6)29(44-33(46)48-5)24(43-28)20-42-50(35(2,3)4,21-15-10-8-11-16-21)22-17-12-9-13-18-22/h8-13,15-19,24,28-30,36H,7,14,20H2,1-6H3,(H2,37,38,39,40,41)/t24-,28+,29-,30+/m1/s1. The third kappa shape index (κ3) is 8.03. The van der Waals surface area contributed by atoms with Crippen LogP contribution in [0.25, 0.3) is 11.0 Å². The molecule has 2 aromatic carbocycles. The van der Waals surface area contributed by atoms with E-state index in [1.54, 1.807) is 6.20 Å². The Bertz CT molecular complexity index is 1830. The first-order valence-corrected chi connectivity index (χ1v) is 21.4. The van der Waals surface area contributed by atoms with Crippen LogP contribution in [0.2, 0.25) is 5.04 Å². The smallest absolute Gasteiger partial charge is 0.276 e. The lowest BCUT2D eigenvalue weighted by atomic mass is 10.0. The third-order valence-corrected chi connectivity index (χ3v) is 15.7. The van der Waals surface area contributed by atoms with Crippen molar-refractivity contribution in [3.63, 3.8) is 0 Å². The normalized spacial score (nSPS) is 19.3. The van der Waals surface area contributed by atoms with Crippen LogP contribution in [-0.2, 0) is 23.4 Å². The van der Waals surface area contributed by atoms with Crippen LogP contribution in [0.5, 0.6) is 0 Å². The SMILES string of the molecule is CCCC(=O)Nc1nc2c([C@@H]3O[C@H](CO[Si](c4ccccc4)(c4ccccc4)C(C)(C)C)[C@@H](OC(=S)SC)[C@H]3OC(=S)SC)c[nH]c2c(=O)[nH]1. The van der Waals surface area contributed by atoms with Gasteiger partial charge in [0, 0.05) is 18.2 Å². The van der Waals surface area contributed by atoms with Crippen LogP contribution in [0.15, 0.2) is 71.7 Å². The second-order valence-corrected chi connectivity index (χ2v) is 19.9. The molecule has 50 heavy (non-hydrogen) atoms. The Hall–Kier alpha value is -3.05. The molecule has 5 rings (SSSR count). The highest BCUT2D eigenvalue weighted by molar-refractivity contribution is 8.22. The van der Waals surface area contributed by atoms with E-state index in [2.05, 4.69) is 65.3 Å². The fraction of sp³-hybridized carbons (Fsp3) is 0.400. The number of benzene rings is 2. The highest BCUT2D eigenvalue weighted by Gasteiger charge is 2.54. The van der Waals surface area contributed by atoms with Crippen LogP contribution in [-0.4, -0.2) is 75.4 Å². The minimum atomic E-state index is -2.97. The van der Waals surface area contributed by atoms with Gasteiger partial charge < -0.3 is 23.6 Å². The van der Waals surface area contributed by atoms with Crippen LogP contribution in [0.1, 0.15) is 52.2 Å². The highest BCUT2D eigenvalue weighted by Crippen LogP contribution is 2.42. The Labute approximate surface area is 312 Å². The van der Waals surface area contributed by atoms with Gasteiger partial charge in [0.15, 0.2) is 12.2 Å². The van der Waals surface area contributed by atoms with Gasteiger partial charge in [0.1, 0.15) is 23.2 Å². The van der Waals surface area contributed by atoms with E-state index in [-0.39, 0.29) is 35.4 Å². The average Bonchev–Trinajstić information content (AvgIpc) is 3.66. The summed E-state index contributed by atoms with van der Waals surface area (Å²) in [7, 11) is -2.97. The van der Waals surface area contributed by atoms with Crippen molar-refractivity contribution in [1.82, 2.24) is 15.0 Å². The number of fused-ring (bicyclic) bond motifs is 1. The van der Waals surface area contributed by atoms with Gasteiger partial charge in [0.2, 0.25) is 20.6 Å². The van der Waals surface area contributed by atoms with Gasteiger partial charge in [-0.1, -0.05) is 112 Å². The third-order valence-electron chi connectivity index (χ3n) is 8.60. The molecule has 1 aliphatic heterocycles. The van der Waals surface area contributed by atoms with Crippen molar-refractivity contribution in [2.24, 2.45) is 0 Å². The van der Waals surface area contributed by atoms with Crippen LogP contribution in [0.4, 0.5) is 5.95 Å². The number of H-pyrrole nitrogens is 2. The van der Waals surface area contributed by atoms with Crippen molar-refractivity contribution in [3.8, 4) is 0 Å². The predicted octanol–water partition coefficient (Wildman–Crippen LogP) is 6.07. The summed E-state index contributed by atoms with van der Waals surface area (Å²) in [4.78, 5) is 35.9. The van der Waals surface area contributed by atoms with Crippen LogP contribution in [0, 0.1) is 0 Å². The number of amides is 1. The Kier molecular flexibility index (Phi) is 12.6. The number of hydrogen-bond donors (Lipinski definition) is 3. The van der Waals surface area contributed by atoms with E-state index in [1.165, 1.54) is 23.5 Å². The van der Waals surface area contributed by atoms with Crippen molar-refractivity contribution in [3.05, 3.63) is 82.8 Å². The summed E-state index contributed by atoms with van der Waals surface area (Å²) in [5.41, 5.74) is 0.662. The van der Waals surface area contributed by atoms with E-state index >= 15 is 0 Å². The lowest BCUT2D eigenvalue weighted by Crippen LogP contribution is -2.67. The van der Waals surface area contributed by atoms with Crippen LogP contribution < -0.4 is 21.2 Å². The van der Waals surface area contributed by atoms with Gasteiger partial charge in [0.25, 0.3) is 13.9 Å². The Morgan fingerprint density at radius 3 is 2.10 bits per heavy atom. The van der Waals surface area contributed by atoms with Gasteiger partial charge in [-0.15, -0.1) is 0 Å². The summed E-state index contributed by atoms with van der Waals surface area (Å²) in [6.07, 6.45) is 3.29. The molecule has 1 amide bonds. The zero-order valence-corrected chi connectivity index (χ0v) is 33.1. The number of hydrogen-bond acceptors (Lipinski definition) is 11. The van der Waals surface area contributed by atoms with E-state index in [0.29, 0.717) is 26.3 Å². The van der Waals surface area contributed by atoms with Crippen molar-refractivity contribution in [2.45, 2.75) is 70.0 Å². The Balaban J connectivity index is 1.60. The van der Waals surface area contributed by atoms with Gasteiger partial charge in [-0.3, -0.25) is 19.9 Å². The molecule has 1 fully saturated rings. The van der Waals surface area contributed by atoms with Crippen molar-refractivity contribution >= 4 is 98.3 Å². The van der Waals surface area contributed by atoms with Crippen LogP contribution in [0.3, 0.4) is 0 Å². The number of aromatic nitrogens is 3. The number of thiocarbonyl (C=S) groups is 2. The van der Waals surface area contributed by atoms with Gasteiger partial charge in [-0.05, 0) is 58.8 Å². The largest absolute Gasteiger partial charge is 0.468 e. The van der Waals surface area contributed by atoms with Gasteiger partial charge in [-0.25, -0.2) is 4.98 Å². The number of ether oxygens (including phenoxy) is 3. The van der Waals surface area contributed by atoms with Crippen molar-refractivity contribution in [1.29, 1.82) is 0 Å². The molecule has 0 unspecified atom stereocenters. The quantitative estimate of drug-likeness (QED) is 0.122. The molecule has 1 aliphatic rings. The number of carbonyl (C=O) groups excluding carboxylic acids is 1. The molecule has 0 spiro atoms. The molecule has 266 valence electrons. The molecule has 2 aromatic heterocycles. The molecule has 3 N–H and O–H groups in total. The minimum Gasteiger partial charge on any atom is -0.468 e. The maximum absolute atomic E-state index is 13.1. The summed E-state index contributed by atoms with van der Waals surface area (Å²) < 4.78 is 27.6. The first-order chi connectivity index (χ1) is 23.9. The summed E-state index contributed by atoms with van der Waals surface area (Å²) in [5, 5.41) is 4.66.